The van der Waals surface area contributed by atoms with Crippen LogP contribution in [0, 0.1) is 0 Å². The van der Waals surface area contributed by atoms with E-state index >= 15 is 0 Å². The molecule has 0 fully saturated rings. The molecule has 0 unspecified atom stereocenters. The number of nitrogens with zero attached hydrogens (tertiary/aromatic N) is 3. The van der Waals surface area contributed by atoms with E-state index in [2.05, 4.69) is 38.6 Å². The molecule has 0 spiro atoms. The minimum atomic E-state index is -0.128. The molecule has 4 aromatic rings. The lowest BCUT2D eigenvalue weighted by Gasteiger charge is -2.15. The summed E-state index contributed by atoms with van der Waals surface area (Å²) in [5, 5.41) is 6.65. The smallest absolute Gasteiger partial charge is 0.274 e. The van der Waals surface area contributed by atoms with E-state index in [1.165, 1.54) is 50.9 Å². The molecule has 2 N–H and O–H groups in total. The van der Waals surface area contributed by atoms with Crippen LogP contribution in [-0.2, 0) is 38.5 Å². The number of hydrogen-bond donors (Lipinski definition) is 2. The van der Waals surface area contributed by atoms with Gasteiger partial charge in [0.1, 0.15) is 0 Å². The van der Waals surface area contributed by atoms with Crippen molar-refractivity contribution in [3.05, 3.63) is 86.3 Å². The van der Waals surface area contributed by atoms with Crippen molar-refractivity contribution in [2.45, 2.75) is 51.4 Å². The second kappa shape index (κ2) is 7.38. The minimum absolute atomic E-state index is 0.128. The molecule has 2 heterocycles. The third-order valence-corrected chi connectivity index (χ3v) is 6.61. The minimum Gasteiger partial charge on any atom is -0.324 e. The van der Waals surface area contributed by atoms with E-state index in [4.69, 9.17) is 0 Å². The van der Waals surface area contributed by atoms with Crippen molar-refractivity contribution in [2.75, 3.05) is 5.32 Å². The number of H-pyrrole nitrogens is 1. The van der Waals surface area contributed by atoms with E-state index in [0.717, 1.165) is 37.8 Å². The summed E-state index contributed by atoms with van der Waals surface area (Å²) >= 11 is 0. The number of aromatic nitrogens is 4. The molecule has 31 heavy (non-hydrogen) atoms. The molecular weight excluding hydrogens is 386 g/mol. The molecule has 2 aromatic carbocycles. The maximum absolute atomic E-state index is 12.7. The molecule has 0 saturated carbocycles. The Kier molecular flexibility index (Phi) is 4.37. The van der Waals surface area contributed by atoms with Crippen LogP contribution in [-0.4, -0.2) is 19.6 Å². The highest BCUT2D eigenvalue weighted by Gasteiger charge is 2.24. The first kappa shape index (κ1) is 18.4. The largest absolute Gasteiger partial charge is 0.324 e. The zero-order chi connectivity index (χ0) is 20.8. The first-order valence-corrected chi connectivity index (χ1v) is 11.2. The van der Waals surface area contributed by atoms with Crippen LogP contribution >= 0.6 is 0 Å². The zero-order valence-corrected chi connectivity index (χ0v) is 17.4. The van der Waals surface area contributed by atoms with Crippen molar-refractivity contribution in [3.8, 4) is 0 Å². The van der Waals surface area contributed by atoms with E-state index in [9.17, 15) is 4.79 Å². The number of aromatic amines is 1. The average Bonchev–Trinajstić information content (AvgIpc) is 3.52. The molecule has 0 aliphatic heterocycles. The fourth-order valence-corrected chi connectivity index (χ4v) is 5.11. The quantitative estimate of drug-likeness (QED) is 0.522. The maximum Gasteiger partial charge on any atom is 0.274 e. The van der Waals surface area contributed by atoms with E-state index in [-0.39, 0.29) is 5.56 Å². The normalized spacial score (nSPS) is 14.7. The Morgan fingerprint density at radius 2 is 1.65 bits per heavy atom. The molecule has 2 aromatic heterocycles. The van der Waals surface area contributed by atoms with E-state index in [1.807, 2.05) is 18.2 Å². The van der Waals surface area contributed by atoms with Crippen molar-refractivity contribution in [1.29, 1.82) is 0 Å². The van der Waals surface area contributed by atoms with Gasteiger partial charge in [-0.3, -0.25) is 9.89 Å². The van der Waals surface area contributed by atoms with Gasteiger partial charge in [-0.05, 0) is 79.2 Å². The molecule has 6 nitrogen and oxygen atoms in total. The lowest BCUT2D eigenvalue weighted by atomic mass is 9.99. The van der Waals surface area contributed by atoms with Crippen LogP contribution in [0.25, 0.3) is 5.78 Å². The maximum atomic E-state index is 12.7. The Bertz CT molecular complexity index is 1300. The predicted molar refractivity (Wildman–Crippen MR) is 121 cm³/mol. The molecule has 2 aliphatic carbocycles. The molecular formula is C25H25N5O. The first-order chi connectivity index (χ1) is 15.2. The van der Waals surface area contributed by atoms with E-state index in [1.54, 1.807) is 6.07 Å². The van der Waals surface area contributed by atoms with Crippen LogP contribution in [0.1, 0.15) is 46.4 Å². The van der Waals surface area contributed by atoms with Crippen LogP contribution in [0.15, 0.2) is 47.3 Å². The highest BCUT2D eigenvalue weighted by atomic mass is 16.1. The fourth-order valence-electron chi connectivity index (χ4n) is 5.11. The van der Waals surface area contributed by atoms with Crippen molar-refractivity contribution < 1.29 is 0 Å². The molecule has 6 rings (SSSR count). The standard InChI is InChI=1S/C25H25N5O/c31-22-15-19(13-12-16-6-2-1-3-7-16)26-25-28-24(29-30(22)25)27-23-20-10-4-8-17(20)14-18-9-5-11-21(18)23/h1-3,6-7,14-15H,4-5,8-13H2,(H2,26,27,28,29). The summed E-state index contributed by atoms with van der Waals surface area (Å²) in [5.74, 6) is 1.00. The van der Waals surface area contributed by atoms with Gasteiger partial charge in [-0.1, -0.05) is 36.4 Å². The molecule has 0 bridgehead atoms. The topological polar surface area (TPSA) is 75.1 Å². The summed E-state index contributed by atoms with van der Waals surface area (Å²) in [5.41, 5.74) is 8.87. The molecule has 0 saturated heterocycles. The van der Waals surface area contributed by atoms with Crippen LogP contribution in [0.5, 0.6) is 0 Å². The third kappa shape index (κ3) is 3.32. The van der Waals surface area contributed by atoms with Crippen LogP contribution < -0.4 is 10.9 Å². The Balaban J connectivity index is 1.32. The van der Waals surface area contributed by atoms with Crippen molar-refractivity contribution >= 4 is 17.4 Å². The summed E-state index contributed by atoms with van der Waals surface area (Å²) < 4.78 is 1.43. The van der Waals surface area contributed by atoms with Gasteiger partial charge < -0.3 is 5.32 Å². The number of nitrogens with one attached hydrogen (secondary N) is 2. The highest BCUT2D eigenvalue weighted by molar-refractivity contribution is 5.70. The van der Waals surface area contributed by atoms with Gasteiger partial charge in [0, 0.05) is 11.8 Å². The summed E-state index contributed by atoms with van der Waals surface area (Å²) in [6.07, 6.45) is 8.50. The van der Waals surface area contributed by atoms with Crippen LogP contribution in [0.4, 0.5) is 11.6 Å². The lowest BCUT2D eigenvalue weighted by Crippen LogP contribution is -2.16. The number of rotatable bonds is 5. The first-order valence-electron chi connectivity index (χ1n) is 11.2. The summed E-state index contributed by atoms with van der Waals surface area (Å²) in [4.78, 5) is 21.9. The molecule has 0 radical (unpaired) electrons. The third-order valence-electron chi connectivity index (χ3n) is 6.61. The molecule has 2 aliphatic rings. The second-order valence-corrected chi connectivity index (χ2v) is 8.64. The van der Waals surface area contributed by atoms with Crippen molar-refractivity contribution in [1.82, 2.24) is 19.6 Å². The summed E-state index contributed by atoms with van der Waals surface area (Å²) in [7, 11) is 0. The van der Waals surface area contributed by atoms with Gasteiger partial charge in [0.25, 0.3) is 11.3 Å². The SMILES string of the molecule is O=c1cc(CCc2ccccc2)nc2nc(Nc3c4c(cc5c3CCC5)CCC4)[nH]n12. The highest BCUT2D eigenvalue weighted by Crippen LogP contribution is 2.39. The predicted octanol–water partition coefficient (Wildman–Crippen LogP) is 3.92. The van der Waals surface area contributed by atoms with Crippen LogP contribution in [0.2, 0.25) is 0 Å². The van der Waals surface area contributed by atoms with E-state index < -0.39 is 0 Å². The Morgan fingerprint density at radius 1 is 0.903 bits per heavy atom. The van der Waals surface area contributed by atoms with Gasteiger partial charge >= 0.3 is 0 Å². The van der Waals surface area contributed by atoms with Crippen LogP contribution in [0.3, 0.4) is 0 Å². The number of benzene rings is 2. The van der Waals surface area contributed by atoms with Gasteiger partial charge in [-0.25, -0.2) is 4.98 Å². The zero-order valence-electron chi connectivity index (χ0n) is 17.4. The van der Waals surface area contributed by atoms with Gasteiger partial charge in [-0.2, -0.15) is 9.50 Å². The number of anilines is 2. The molecule has 0 atom stereocenters. The summed E-state index contributed by atoms with van der Waals surface area (Å²) in [6.45, 7) is 0. The monoisotopic (exact) mass is 411 g/mol. The Morgan fingerprint density at radius 3 is 2.39 bits per heavy atom. The fraction of sp³-hybridized carbons (Fsp3) is 0.320. The second-order valence-electron chi connectivity index (χ2n) is 8.64. The molecule has 156 valence electrons. The summed E-state index contributed by atoms with van der Waals surface area (Å²) in [6, 6.07) is 14.3. The Labute approximate surface area is 180 Å². The average molecular weight is 412 g/mol. The number of fused-ring (bicyclic) bond motifs is 3. The number of hydrogen-bond acceptors (Lipinski definition) is 4. The molecule has 6 heteroatoms. The van der Waals surface area contributed by atoms with Gasteiger partial charge in [0.15, 0.2) is 0 Å². The molecule has 0 amide bonds. The van der Waals surface area contributed by atoms with Gasteiger partial charge in [0.2, 0.25) is 5.95 Å². The van der Waals surface area contributed by atoms with Gasteiger partial charge in [-0.15, -0.1) is 0 Å². The lowest BCUT2D eigenvalue weighted by molar-refractivity contribution is 0.851. The number of aryl methyl sites for hydroxylation is 4. The van der Waals surface area contributed by atoms with E-state index in [0.29, 0.717) is 18.1 Å². The Hall–Kier alpha value is -3.41. The van der Waals surface area contributed by atoms with Gasteiger partial charge in [0.05, 0.1) is 5.69 Å². The van der Waals surface area contributed by atoms with Crippen molar-refractivity contribution in [3.63, 3.8) is 0 Å². The van der Waals surface area contributed by atoms with Crippen molar-refractivity contribution in [2.24, 2.45) is 0 Å².